The number of aromatic nitrogens is 3. The maximum Gasteiger partial charge on any atom is 0.0562 e. The van der Waals surface area contributed by atoms with Gasteiger partial charge in [-0.25, -0.2) is 0 Å². The molecule has 2 aliphatic rings. The number of hydrogen-bond donors (Lipinski definition) is 0. The van der Waals surface area contributed by atoms with Gasteiger partial charge in [-0.2, -0.15) is 0 Å². The van der Waals surface area contributed by atoms with E-state index < -0.39 is 0 Å². The number of para-hydroxylation sites is 3. The number of nitrogens with zero attached hydrogens (tertiary/aromatic N) is 3. The predicted octanol–water partition coefficient (Wildman–Crippen LogP) is 10.9. The zero-order valence-corrected chi connectivity index (χ0v) is 29.9. The maximum absolute atomic E-state index is 2.53. The molecule has 0 amide bonds. The standard InChI is InChI=1S/C51H37N3/c1-4-16-35(17-5-1)32-36-18-14-27-47-42(33-36)39-21-8-3-9-24-44(39)53(47)38-30-31-48-43(34-38)40-22-10-12-25-45(40)54(48)50-29-15-28-49-51(50)41-23-11-13-26-46(41)52(49)37-19-6-2-7-20-37/h1-13,15-23,25-31,33-34H,14,24,32H2. The second-order valence-corrected chi connectivity index (χ2v) is 14.4. The molecule has 0 atom stereocenters. The van der Waals surface area contributed by atoms with Crippen LogP contribution in [-0.2, 0) is 12.8 Å². The molecular weight excluding hydrogens is 655 g/mol. The lowest BCUT2D eigenvalue weighted by Gasteiger charge is -2.13. The molecule has 0 fully saturated rings. The quantitative estimate of drug-likeness (QED) is 0.171. The lowest BCUT2D eigenvalue weighted by molar-refractivity contribution is 0.941. The molecule has 0 N–H and O–H groups in total. The second kappa shape index (κ2) is 12.4. The van der Waals surface area contributed by atoms with Crippen LogP contribution in [0.15, 0.2) is 175 Å². The second-order valence-electron chi connectivity index (χ2n) is 14.4. The first-order valence-corrected chi connectivity index (χ1v) is 18.9. The normalized spacial score (nSPS) is 13.7. The van der Waals surface area contributed by atoms with Crippen LogP contribution in [0.5, 0.6) is 0 Å². The third-order valence-electron chi connectivity index (χ3n) is 11.3. The van der Waals surface area contributed by atoms with E-state index in [-0.39, 0.29) is 0 Å². The van der Waals surface area contributed by atoms with E-state index in [9.17, 15) is 0 Å². The van der Waals surface area contributed by atoms with Crippen LogP contribution in [0, 0.1) is 0 Å². The first-order chi connectivity index (χ1) is 26.8. The molecule has 3 nitrogen and oxygen atoms in total. The van der Waals surface area contributed by atoms with Gasteiger partial charge >= 0.3 is 0 Å². The Kier molecular flexibility index (Phi) is 7.06. The van der Waals surface area contributed by atoms with Gasteiger partial charge in [0.25, 0.3) is 0 Å². The van der Waals surface area contributed by atoms with Gasteiger partial charge in [0.2, 0.25) is 0 Å². The van der Waals surface area contributed by atoms with Crippen LogP contribution < -0.4 is 10.6 Å². The summed E-state index contributed by atoms with van der Waals surface area (Å²) in [6, 6.07) is 53.1. The Bertz CT molecular complexity index is 3160. The molecule has 0 bridgehead atoms. The van der Waals surface area contributed by atoms with Gasteiger partial charge in [-0.1, -0.05) is 127 Å². The Labute approximate surface area is 313 Å². The van der Waals surface area contributed by atoms with Crippen LogP contribution in [0.4, 0.5) is 0 Å². The molecule has 3 heterocycles. The summed E-state index contributed by atoms with van der Waals surface area (Å²) in [5.41, 5.74) is 13.7. The van der Waals surface area contributed by atoms with Crippen molar-refractivity contribution in [2.75, 3.05) is 0 Å². The fourth-order valence-electron chi connectivity index (χ4n) is 9.05. The lowest BCUT2D eigenvalue weighted by atomic mass is 10.0. The van der Waals surface area contributed by atoms with Crippen LogP contribution in [0.25, 0.3) is 78.9 Å². The summed E-state index contributed by atoms with van der Waals surface area (Å²) in [5, 5.41) is 7.61. The average molecular weight is 692 g/mol. The van der Waals surface area contributed by atoms with Crippen molar-refractivity contribution >= 4 is 61.8 Å². The van der Waals surface area contributed by atoms with Gasteiger partial charge in [-0.05, 0) is 84.7 Å². The molecule has 3 heteroatoms. The molecule has 256 valence electrons. The van der Waals surface area contributed by atoms with Gasteiger partial charge in [0.05, 0.1) is 33.1 Å². The Morgan fingerprint density at radius 2 is 1.24 bits per heavy atom. The topological polar surface area (TPSA) is 14.8 Å². The number of hydrogen-bond acceptors (Lipinski definition) is 0. The maximum atomic E-state index is 2.53. The molecule has 6 aromatic carbocycles. The fraction of sp³-hybridized carbons (Fsp3) is 0.0588. The van der Waals surface area contributed by atoms with Crippen molar-refractivity contribution in [2.45, 2.75) is 19.3 Å². The van der Waals surface area contributed by atoms with E-state index in [1.54, 1.807) is 0 Å². The molecule has 9 aromatic rings. The van der Waals surface area contributed by atoms with E-state index in [0.717, 1.165) is 19.3 Å². The Hall–Kier alpha value is -6.84. The summed E-state index contributed by atoms with van der Waals surface area (Å²) < 4.78 is 7.42. The minimum atomic E-state index is 0.877. The smallest absolute Gasteiger partial charge is 0.0562 e. The molecule has 54 heavy (non-hydrogen) atoms. The predicted molar refractivity (Wildman–Crippen MR) is 227 cm³/mol. The summed E-state index contributed by atoms with van der Waals surface area (Å²) in [6.45, 7) is 0. The van der Waals surface area contributed by atoms with E-state index in [4.69, 9.17) is 0 Å². The summed E-state index contributed by atoms with van der Waals surface area (Å²) in [5.74, 6) is 0. The molecule has 0 radical (unpaired) electrons. The van der Waals surface area contributed by atoms with E-state index in [1.807, 2.05) is 0 Å². The van der Waals surface area contributed by atoms with Crippen molar-refractivity contribution in [3.8, 4) is 17.1 Å². The molecule has 0 saturated heterocycles. The van der Waals surface area contributed by atoms with Crippen LogP contribution >= 0.6 is 0 Å². The molecular formula is C51H37N3. The van der Waals surface area contributed by atoms with Gasteiger partial charge < -0.3 is 13.7 Å². The Morgan fingerprint density at radius 3 is 2.09 bits per heavy atom. The van der Waals surface area contributed by atoms with Crippen molar-refractivity contribution < 1.29 is 0 Å². The van der Waals surface area contributed by atoms with Crippen molar-refractivity contribution in [3.63, 3.8) is 0 Å². The van der Waals surface area contributed by atoms with Crippen LogP contribution in [-0.4, -0.2) is 13.7 Å². The van der Waals surface area contributed by atoms with Crippen molar-refractivity contribution in [1.82, 2.24) is 13.7 Å². The Morgan fingerprint density at radius 1 is 0.519 bits per heavy atom. The summed E-state index contributed by atoms with van der Waals surface area (Å²) >= 11 is 0. The molecule has 2 aliphatic carbocycles. The van der Waals surface area contributed by atoms with Crippen LogP contribution in [0.2, 0.25) is 0 Å². The van der Waals surface area contributed by atoms with Gasteiger partial charge in [-0.3, -0.25) is 0 Å². The third-order valence-corrected chi connectivity index (χ3v) is 11.3. The SMILES string of the molecule is C1=CCc2c(c3c(n2-c2ccc4c(c2)c2ccccc2n4-c2cccc4c2c2ccccc2n4-c2ccccc2)=CCC=C(Cc2ccccc2)C=3)C=C1. The zero-order chi connectivity index (χ0) is 35.6. The third kappa shape index (κ3) is 4.75. The number of fused-ring (bicyclic) bond motifs is 9. The van der Waals surface area contributed by atoms with E-state index in [0.29, 0.717) is 0 Å². The van der Waals surface area contributed by atoms with Gasteiger partial charge in [0.15, 0.2) is 0 Å². The van der Waals surface area contributed by atoms with Crippen LogP contribution in [0.3, 0.4) is 0 Å². The highest BCUT2D eigenvalue weighted by Crippen LogP contribution is 2.40. The summed E-state index contributed by atoms with van der Waals surface area (Å²) in [6.07, 6.45) is 18.9. The van der Waals surface area contributed by atoms with Crippen molar-refractivity contribution in [1.29, 1.82) is 0 Å². The molecule has 11 rings (SSSR count). The highest BCUT2D eigenvalue weighted by atomic mass is 15.0. The van der Waals surface area contributed by atoms with E-state index >= 15 is 0 Å². The van der Waals surface area contributed by atoms with E-state index in [1.165, 1.54) is 93.6 Å². The summed E-state index contributed by atoms with van der Waals surface area (Å²) in [4.78, 5) is 0. The fourth-order valence-corrected chi connectivity index (χ4v) is 9.05. The highest BCUT2D eigenvalue weighted by Gasteiger charge is 2.21. The first-order valence-electron chi connectivity index (χ1n) is 18.9. The Balaban J connectivity index is 1.14. The number of rotatable bonds is 5. The van der Waals surface area contributed by atoms with Crippen LogP contribution in [0.1, 0.15) is 23.2 Å². The number of benzene rings is 6. The lowest BCUT2D eigenvalue weighted by Crippen LogP contribution is -2.29. The van der Waals surface area contributed by atoms with Gasteiger partial charge in [0.1, 0.15) is 0 Å². The molecule has 3 aromatic heterocycles. The van der Waals surface area contributed by atoms with Crippen molar-refractivity contribution in [2.24, 2.45) is 0 Å². The highest BCUT2D eigenvalue weighted by molar-refractivity contribution is 6.16. The van der Waals surface area contributed by atoms with Crippen molar-refractivity contribution in [3.05, 3.63) is 203 Å². The molecule has 0 aliphatic heterocycles. The number of allylic oxidation sites excluding steroid dienone is 5. The van der Waals surface area contributed by atoms with Gasteiger partial charge in [0, 0.05) is 55.8 Å². The minimum Gasteiger partial charge on any atom is -0.313 e. The molecule has 0 saturated carbocycles. The molecule has 0 unspecified atom stereocenters. The van der Waals surface area contributed by atoms with E-state index in [2.05, 4.69) is 202 Å². The average Bonchev–Trinajstić information content (AvgIpc) is 3.67. The monoisotopic (exact) mass is 691 g/mol. The van der Waals surface area contributed by atoms with Gasteiger partial charge in [-0.15, -0.1) is 0 Å². The first kappa shape index (κ1) is 30.8. The minimum absolute atomic E-state index is 0.877. The zero-order valence-electron chi connectivity index (χ0n) is 29.9. The summed E-state index contributed by atoms with van der Waals surface area (Å²) in [7, 11) is 0. The largest absolute Gasteiger partial charge is 0.313 e. The molecule has 0 spiro atoms.